The summed E-state index contributed by atoms with van der Waals surface area (Å²) in [5.74, 6) is 0. The highest BCUT2D eigenvalue weighted by Gasteiger charge is 2.19. The van der Waals surface area contributed by atoms with Crippen LogP contribution in [0.15, 0.2) is 24.3 Å². The van der Waals surface area contributed by atoms with Crippen molar-refractivity contribution in [1.29, 1.82) is 0 Å². The number of H-pyrrole nitrogens is 1. The molecule has 0 aliphatic heterocycles. The molecule has 3 nitrogen and oxygen atoms in total. The highest BCUT2D eigenvalue weighted by molar-refractivity contribution is 5.85. The molecule has 0 amide bonds. The number of para-hydroxylation sites is 1. The van der Waals surface area contributed by atoms with E-state index in [0.717, 1.165) is 22.2 Å². The van der Waals surface area contributed by atoms with Crippen LogP contribution in [0.2, 0.25) is 0 Å². The molecule has 0 fully saturated rings. The van der Waals surface area contributed by atoms with Crippen molar-refractivity contribution in [2.75, 3.05) is 0 Å². The fourth-order valence-electron chi connectivity index (χ4n) is 1.94. The Morgan fingerprint density at radius 1 is 1.33 bits per heavy atom. The lowest BCUT2D eigenvalue weighted by atomic mass is 10.0. The van der Waals surface area contributed by atoms with E-state index in [-0.39, 0.29) is 6.04 Å². The van der Waals surface area contributed by atoms with Gasteiger partial charge in [-0.3, -0.25) is 0 Å². The van der Waals surface area contributed by atoms with Crippen LogP contribution in [-0.4, -0.2) is 16.1 Å². The van der Waals surface area contributed by atoms with Gasteiger partial charge in [-0.05, 0) is 19.9 Å². The third-order valence-corrected chi connectivity index (χ3v) is 2.74. The molecule has 4 N–H and O–H groups in total. The Morgan fingerprint density at radius 3 is 2.67 bits per heavy atom. The van der Waals surface area contributed by atoms with E-state index in [0.29, 0.717) is 0 Å². The van der Waals surface area contributed by atoms with Gasteiger partial charge in [0.1, 0.15) is 0 Å². The predicted molar refractivity (Wildman–Crippen MR) is 61.6 cm³/mol. The normalized spacial score (nSPS) is 15.5. The highest BCUT2D eigenvalue weighted by atomic mass is 16.3. The van der Waals surface area contributed by atoms with E-state index in [1.54, 1.807) is 0 Å². The number of aliphatic hydroxyl groups excluding tert-OH is 1. The first kappa shape index (κ1) is 10.2. The molecule has 2 unspecified atom stereocenters. The molecular weight excluding hydrogens is 188 g/mol. The summed E-state index contributed by atoms with van der Waals surface area (Å²) >= 11 is 0. The lowest BCUT2D eigenvalue weighted by Gasteiger charge is -2.14. The minimum absolute atomic E-state index is 0.261. The molecule has 2 rings (SSSR count). The fourth-order valence-corrected chi connectivity index (χ4v) is 1.94. The van der Waals surface area contributed by atoms with Crippen LogP contribution in [0.5, 0.6) is 0 Å². The lowest BCUT2D eigenvalue weighted by Crippen LogP contribution is -2.24. The van der Waals surface area contributed by atoms with E-state index in [1.165, 1.54) is 0 Å². The third-order valence-electron chi connectivity index (χ3n) is 2.74. The summed E-state index contributed by atoms with van der Waals surface area (Å²) in [6.07, 6.45) is -0.610. The number of rotatable bonds is 2. The van der Waals surface area contributed by atoms with E-state index in [1.807, 2.05) is 38.1 Å². The van der Waals surface area contributed by atoms with Crippen LogP contribution in [0.1, 0.15) is 24.3 Å². The maximum Gasteiger partial charge on any atom is 0.0961 e. The van der Waals surface area contributed by atoms with Crippen molar-refractivity contribution in [1.82, 2.24) is 4.98 Å². The van der Waals surface area contributed by atoms with Crippen molar-refractivity contribution in [2.45, 2.75) is 26.0 Å². The first-order valence-corrected chi connectivity index (χ1v) is 5.12. The molecule has 1 aromatic carbocycles. The van der Waals surface area contributed by atoms with Crippen LogP contribution in [0.3, 0.4) is 0 Å². The van der Waals surface area contributed by atoms with Gasteiger partial charge >= 0.3 is 0 Å². The molecule has 2 aromatic rings. The van der Waals surface area contributed by atoms with E-state index >= 15 is 0 Å². The van der Waals surface area contributed by atoms with Crippen LogP contribution in [0.4, 0.5) is 0 Å². The Morgan fingerprint density at radius 2 is 2.00 bits per heavy atom. The van der Waals surface area contributed by atoms with E-state index in [4.69, 9.17) is 5.73 Å². The van der Waals surface area contributed by atoms with Crippen molar-refractivity contribution in [3.05, 3.63) is 35.5 Å². The highest BCUT2D eigenvalue weighted by Crippen LogP contribution is 2.28. The molecule has 1 heterocycles. The van der Waals surface area contributed by atoms with Crippen LogP contribution in [-0.2, 0) is 0 Å². The molecule has 80 valence electrons. The summed E-state index contributed by atoms with van der Waals surface area (Å²) in [7, 11) is 0. The number of nitrogens with one attached hydrogen (secondary N) is 1. The van der Waals surface area contributed by atoms with Crippen LogP contribution < -0.4 is 5.73 Å². The van der Waals surface area contributed by atoms with Crippen molar-refractivity contribution >= 4 is 10.9 Å². The van der Waals surface area contributed by atoms with Gasteiger partial charge in [0.05, 0.1) is 6.10 Å². The van der Waals surface area contributed by atoms with E-state index in [9.17, 15) is 5.11 Å². The molecule has 15 heavy (non-hydrogen) atoms. The van der Waals surface area contributed by atoms with Crippen molar-refractivity contribution in [3.63, 3.8) is 0 Å². The SMILES string of the molecule is Cc1[nH]c2ccccc2c1C(O)C(C)N. The van der Waals surface area contributed by atoms with Gasteiger partial charge in [0.15, 0.2) is 0 Å². The van der Waals surface area contributed by atoms with Crippen LogP contribution in [0.25, 0.3) is 10.9 Å². The van der Waals surface area contributed by atoms with Gasteiger partial charge in [-0.2, -0.15) is 0 Å². The summed E-state index contributed by atoms with van der Waals surface area (Å²) in [5.41, 5.74) is 8.67. The number of aryl methyl sites for hydroxylation is 1. The fraction of sp³-hybridized carbons (Fsp3) is 0.333. The van der Waals surface area contributed by atoms with Gasteiger partial charge in [0, 0.05) is 28.2 Å². The first-order valence-electron chi connectivity index (χ1n) is 5.12. The Labute approximate surface area is 88.9 Å². The Hall–Kier alpha value is -1.32. The van der Waals surface area contributed by atoms with E-state index in [2.05, 4.69) is 4.98 Å². The number of nitrogens with two attached hydrogens (primary N) is 1. The molecule has 0 aliphatic carbocycles. The molecule has 0 saturated heterocycles. The molecule has 3 heteroatoms. The largest absolute Gasteiger partial charge is 0.387 e. The smallest absolute Gasteiger partial charge is 0.0961 e. The average molecular weight is 204 g/mol. The molecule has 0 radical (unpaired) electrons. The minimum atomic E-state index is -0.610. The predicted octanol–water partition coefficient (Wildman–Crippen LogP) is 1.86. The maximum atomic E-state index is 10.0. The number of aromatic nitrogens is 1. The van der Waals surface area contributed by atoms with Gasteiger partial charge < -0.3 is 15.8 Å². The maximum absolute atomic E-state index is 10.0. The monoisotopic (exact) mass is 204 g/mol. The van der Waals surface area contributed by atoms with E-state index < -0.39 is 6.10 Å². The summed E-state index contributed by atoms with van der Waals surface area (Å²) in [6.45, 7) is 3.77. The zero-order chi connectivity index (χ0) is 11.0. The van der Waals surface area contributed by atoms with Crippen molar-refractivity contribution in [3.8, 4) is 0 Å². The summed E-state index contributed by atoms with van der Waals surface area (Å²) in [5, 5.41) is 11.1. The lowest BCUT2D eigenvalue weighted by molar-refractivity contribution is 0.154. The Balaban J connectivity index is 2.63. The Bertz CT molecular complexity index is 473. The quantitative estimate of drug-likeness (QED) is 0.699. The van der Waals surface area contributed by atoms with Crippen LogP contribution >= 0.6 is 0 Å². The molecule has 0 spiro atoms. The summed E-state index contributed by atoms with van der Waals surface area (Å²) in [4.78, 5) is 3.25. The third kappa shape index (κ3) is 1.64. The number of hydrogen-bond acceptors (Lipinski definition) is 2. The standard InChI is InChI=1S/C12H16N2O/c1-7(13)12(15)11-8(2)14-10-6-4-3-5-9(10)11/h3-7,12,14-15H,13H2,1-2H3. The topological polar surface area (TPSA) is 62.0 Å². The zero-order valence-corrected chi connectivity index (χ0v) is 8.99. The number of benzene rings is 1. The van der Waals surface area contributed by atoms with Gasteiger partial charge in [0.25, 0.3) is 0 Å². The number of fused-ring (bicyclic) bond motifs is 1. The molecular formula is C12H16N2O. The zero-order valence-electron chi connectivity index (χ0n) is 8.99. The number of aromatic amines is 1. The minimum Gasteiger partial charge on any atom is -0.387 e. The number of aliphatic hydroxyl groups is 1. The van der Waals surface area contributed by atoms with Gasteiger partial charge in [-0.25, -0.2) is 0 Å². The molecule has 0 saturated carbocycles. The second-order valence-corrected chi connectivity index (χ2v) is 4.01. The van der Waals surface area contributed by atoms with Crippen molar-refractivity contribution < 1.29 is 5.11 Å². The first-order chi connectivity index (χ1) is 7.11. The van der Waals surface area contributed by atoms with Gasteiger partial charge in [-0.1, -0.05) is 18.2 Å². The molecule has 2 atom stereocenters. The molecule has 1 aromatic heterocycles. The molecule has 0 bridgehead atoms. The van der Waals surface area contributed by atoms with Gasteiger partial charge in [0.2, 0.25) is 0 Å². The van der Waals surface area contributed by atoms with Crippen molar-refractivity contribution in [2.24, 2.45) is 5.73 Å². The second kappa shape index (κ2) is 3.68. The summed E-state index contributed by atoms with van der Waals surface area (Å²) < 4.78 is 0. The second-order valence-electron chi connectivity index (χ2n) is 4.01. The Kier molecular flexibility index (Phi) is 2.50. The molecule has 0 aliphatic rings. The average Bonchev–Trinajstić information content (AvgIpc) is 2.52. The van der Waals surface area contributed by atoms with Crippen LogP contribution in [0, 0.1) is 6.92 Å². The summed E-state index contributed by atoms with van der Waals surface area (Å²) in [6, 6.07) is 7.68. The van der Waals surface area contributed by atoms with Gasteiger partial charge in [-0.15, -0.1) is 0 Å². The number of hydrogen-bond donors (Lipinski definition) is 3.